The number of benzodiazepines with no additional fused rings is 1. The molecule has 0 aromatic heterocycles. The lowest BCUT2D eigenvalue weighted by Crippen LogP contribution is -2.50. The highest BCUT2D eigenvalue weighted by Gasteiger charge is 2.34. The Labute approximate surface area is 238 Å². The molecule has 1 heterocycles. The molecule has 0 saturated carbocycles. The lowest BCUT2D eigenvalue weighted by Gasteiger charge is -2.25. The van der Waals surface area contributed by atoms with Crippen LogP contribution < -0.4 is 20.3 Å². The van der Waals surface area contributed by atoms with E-state index in [1.807, 2.05) is 74.5 Å². The van der Waals surface area contributed by atoms with Gasteiger partial charge in [0.1, 0.15) is 5.75 Å². The Balaban J connectivity index is 1.53. The van der Waals surface area contributed by atoms with E-state index in [2.05, 4.69) is 10.6 Å². The van der Waals surface area contributed by atoms with Crippen molar-refractivity contribution in [1.29, 1.82) is 0 Å². The highest BCUT2D eigenvalue weighted by Crippen LogP contribution is 2.29. The van der Waals surface area contributed by atoms with Crippen LogP contribution >= 0.6 is 0 Å². The molecule has 0 spiro atoms. The molecule has 0 unspecified atom stereocenters. The van der Waals surface area contributed by atoms with E-state index in [9.17, 15) is 14.4 Å². The third kappa shape index (κ3) is 6.01. The molecule has 1 aliphatic rings. The third-order valence-corrected chi connectivity index (χ3v) is 6.71. The number of hydrogen-bond donors (Lipinski definition) is 2. The van der Waals surface area contributed by atoms with E-state index >= 15 is 0 Å². The molecule has 0 bridgehead atoms. The number of aliphatic imine (C=N–C) groups is 1. The number of Topliss-reactive ketones (excluding diaryl/α,β-unsaturated/α-hetero) is 1. The Morgan fingerprint density at radius 3 is 2.34 bits per heavy atom. The van der Waals surface area contributed by atoms with E-state index in [0.29, 0.717) is 40.6 Å². The molecule has 4 aromatic rings. The van der Waals surface area contributed by atoms with E-state index in [1.54, 1.807) is 42.5 Å². The number of hydrogen-bond acceptors (Lipinski definition) is 5. The van der Waals surface area contributed by atoms with Gasteiger partial charge in [-0.1, -0.05) is 84.9 Å². The van der Waals surface area contributed by atoms with Gasteiger partial charge in [-0.15, -0.1) is 0 Å². The standard InChI is InChI=1S/C33H30N4O4/c1-3-41-29-20-12-10-18-26(29)34-33(40)36-31-32(39)37(21-28(38)24-16-8-7-13-22(24)2)27-19-11-9-17-25(27)30(35-31)23-14-5-4-6-15-23/h4-20,31H,3,21H2,1-2H3,(H2,34,36,40)/t31-/m0/s1. The van der Waals surface area contributed by atoms with Crippen LogP contribution in [-0.4, -0.2) is 42.8 Å². The summed E-state index contributed by atoms with van der Waals surface area (Å²) in [6.07, 6.45) is -1.30. The first-order valence-corrected chi connectivity index (χ1v) is 13.4. The number of aryl methyl sites for hydroxylation is 1. The average Bonchev–Trinajstić information content (AvgIpc) is 3.09. The zero-order chi connectivity index (χ0) is 28.8. The summed E-state index contributed by atoms with van der Waals surface area (Å²) in [5, 5.41) is 5.49. The fourth-order valence-corrected chi connectivity index (χ4v) is 4.76. The van der Waals surface area contributed by atoms with Gasteiger partial charge in [-0.3, -0.25) is 9.59 Å². The number of ether oxygens (including phenoxy) is 1. The average molecular weight is 547 g/mol. The maximum absolute atomic E-state index is 14.1. The van der Waals surface area contributed by atoms with Crippen molar-refractivity contribution in [3.8, 4) is 5.75 Å². The summed E-state index contributed by atoms with van der Waals surface area (Å²) in [6.45, 7) is 3.92. The number of nitrogens with one attached hydrogen (secondary N) is 2. The predicted octanol–water partition coefficient (Wildman–Crippen LogP) is 5.61. The largest absolute Gasteiger partial charge is 0.492 e. The van der Waals surface area contributed by atoms with Crippen molar-refractivity contribution in [1.82, 2.24) is 5.32 Å². The zero-order valence-corrected chi connectivity index (χ0v) is 22.8. The smallest absolute Gasteiger partial charge is 0.321 e. The van der Waals surface area contributed by atoms with Crippen LogP contribution in [0.25, 0.3) is 0 Å². The number of amides is 3. The molecule has 41 heavy (non-hydrogen) atoms. The molecule has 3 amide bonds. The molecule has 1 atom stereocenters. The number of benzene rings is 4. The van der Waals surface area contributed by atoms with Gasteiger partial charge in [-0.05, 0) is 37.6 Å². The van der Waals surface area contributed by atoms with Crippen molar-refractivity contribution >= 4 is 34.8 Å². The summed E-state index contributed by atoms with van der Waals surface area (Å²) >= 11 is 0. The Hall–Kier alpha value is -5.24. The molecule has 0 fully saturated rings. The second kappa shape index (κ2) is 12.3. The molecule has 8 nitrogen and oxygen atoms in total. The zero-order valence-electron chi connectivity index (χ0n) is 22.8. The Kier molecular flexibility index (Phi) is 8.20. The Morgan fingerprint density at radius 1 is 0.878 bits per heavy atom. The Bertz CT molecular complexity index is 1620. The quantitative estimate of drug-likeness (QED) is 0.281. The summed E-state index contributed by atoms with van der Waals surface area (Å²) in [4.78, 5) is 47.0. The highest BCUT2D eigenvalue weighted by molar-refractivity contribution is 6.21. The van der Waals surface area contributed by atoms with E-state index < -0.39 is 18.1 Å². The molecule has 4 aromatic carbocycles. The molecule has 0 aliphatic carbocycles. The second-order valence-corrected chi connectivity index (χ2v) is 9.45. The molecule has 0 saturated heterocycles. The predicted molar refractivity (Wildman–Crippen MR) is 160 cm³/mol. The first-order chi connectivity index (χ1) is 20.0. The van der Waals surface area contributed by atoms with Gasteiger partial charge >= 0.3 is 6.03 Å². The molecule has 0 radical (unpaired) electrons. The molecular formula is C33H30N4O4. The number of ketones is 1. The van der Waals surface area contributed by atoms with Crippen molar-refractivity contribution in [3.63, 3.8) is 0 Å². The highest BCUT2D eigenvalue weighted by atomic mass is 16.5. The number of anilines is 2. The summed E-state index contributed by atoms with van der Waals surface area (Å²) in [5.74, 6) is -0.245. The summed E-state index contributed by atoms with van der Waals surface area (Å²) in [6, 6.07) is 30.4. The van der Waals surface area contributed by atoms with Crippen LogP contribution in [0.1, 0.15) is 34.0 Å². The van der Waals surface area contributed by atoms with Crippen molar-refractivity contribution in [2.24, 2.45) is 4.99 Å². The van der Waals surface area contributed by atoms with Gasteiger partial charge in [0.05, 0.1) is 30.2 Å². The molecule has 5 rings (SSSR count). The van der Waals surface area contributed by atoms with Gasteiger partial charge in [-0.2, -0.15) is 0 Å². The van der Waals surface area contributed by atoms with Crippen LogP contribution in [-0.2, 0) is 4.79 Å². The lowest BCUT2D eigenvalue weighted by molar-refractivity contribution is -0.120. The third-order valence-electron chi connectivity index (χ3n) is 6.71. The molecule has 1 aliphatic heterocycles. The molecule has 206 valence electrons. The number of rotatable bonds is 8. The SMILES string of the molecule is CCOc1ccccc1NC(=O)N[C@@H]1N=C(c2ccccc2)c2ccccc2N(CC(=O)c2ccccc2C)C1=O. The number of fused-ring (bicyclic) bond motifs is 1. The summed E-state index contributed by atoms with van der Waals surface area (Å²) in [5.41, 5.74) is 4.31. The minimum atomic E-state index is -1.30. The van der Waals surface area contributed by atoms with Crippen LogP contribution in [0.4, 0.5) is 16.2 Å². The van der Waals surface area contributed by atoms with Crippen LogP contribution in [0.2, 0.25) is 0 Å². The van der Waals surface area contributed by atoms with Crippen LogP contribution in [0.15, 0.2) is 108 Å². The number of carbonyl (C=O) groups is 3. The lowest BCUT2D eigenvalue weighted by atomic mass is 9.99. The van der Waals surface area contributed by atoms with Crippen molar-refractivity contribution < 1.29 is 19.1 Å². The second-order valence-electron chi connectivity index (χ2n) is 9.45. The number of urea groups is 1. The number of para-hydroxylation sites is 3. The molecule has 8 heteroatoms. The fourth-order valence-electron chi connectivity index (χ4n) is 4.76. The van der Waals surface area contributed by atoms with Crippen molar-refractivity contribution in [2.45, 2.75) is 20.0 Å². The monoisotopic (exact) mass is 546 g/mol. The van der Waals surface area contributed by atoms with E-state index in [1.165, 1.54) is 4.90 Å². The van der Waals surface area contributed by atoms with Gasteiger partial charge in [0, 0.05) is 16.7 Å². The van der Waals surface area contributed by atoms with Crippen LogP contribution in [0.3, 0.4) is 0 Å². The minimum absolute atomic E-state index is 0.217. The first kappa shape index (κ1) is 27.3. The maximum Gasteiger partial charge on any atom is 0.321 e. The van der Waals surface area contributed by atoms with Crippen LogP contribution in [0, 0.1) is 6.92 Å². The Morgan fingerprint density at radius 2 is 1.56 bits per heavy atom. The van der Waals surface area contributed by atoms with E-state index in [-0.39, 0.29) is 12.3 Å². The molecular weight excluding hydrogens is 516 g/mol. The maximum atomic E-state index is 14.1. The van der Waals surface area contributed by atoms with Crippen molar-refractivity contribution in [2.75, 3.05) is 23.4 Å². The van der Waals surface area contributed by atoms with Gasteiger partial charge in [0.15, 0.2) is 5.78 Å². The first-order valence-electron chi connectivity index (χ1n) is 13.4. The van der Waals surface area contributed by atoms with Gasteiger partial charge < -0.3 is 20.3 Å². The minimum Gasteiger partial charge on any atom is -0.492 e. The van der Waals surface area contributed by atoms with Gasteiger partial charge in [-0.25, -0.2) is 9.79 Å². The van der Waals surface area contributed by atoms with Crippen molar-refractivity contribution in [3.05, 3.63) is 125 Å². The van der Waals surface area contributed by atoms with E-state index in [4.69, 9.17) is 9.73 Å². The fraction of sp³-hybridized carbons (Fsp3) is 0.152. The normalized spacial score (nSPS) is 14.4. The summed E-state index contributed by atoms with van der Waals surface area (Å²) < 4.78 is 5.62. The van der Waals surface area contributed by atoms with Crippen LogP contribution in [0.5, 0.6) is 5.75 Å². The van der Waals surface area contributed by atoms with E-state index in [0.717, 1.165) is 11.1 Å². The van der Waals surface area contributed by atoms with Gasteiger partial charge in [0.25, 0.3) is 5.91 Å². The summed E-state index contributed by atoms with van der Waals surface area (Å²) in [7, 11) is 0. The molecule has 2 N–H and O–H groups in total. The number of carbonyl (C=O) groups excluding carboxylic acids is 3. The number of nitrogens with zero attached hydrogens (tertiary/aromatic N) is 2. The topological polar surface area (TPSA) is 100 Å². The van der Waals surface area contributed by atoms with Gasteiger partial charge in [0.2, 0.25) is 6.17 Å².